The predicted molar refractivity (Wildman–Crippen MR) is 100 cm³/mol. The smallest absolute Gasteiger partial charge is 0.195 e. The number of halogens is 1. The summed E-state index contributed by atoms with van der Waals surface area (Å²) in [7, 11) is -3.35. The molecule has 0 spiro atoms. The second-order valence-electron chi connectivity index (χ2n) is 5.32. The lowest BCUT2D eigenvalue weighted by Crippen LogP contribution is -2.09. The number of aryl methyl sites for hydroxylation is 1. The molecule has 1 aromatic heterocycles. The molecule has 0 saturated heterocycles. The molecule has 0 aliphatic carbocycles. The molecule has 0 radical (unpaired) electrons. The van der Waals surface area contributed by atoms with E-state index in [2.05, 4.69) is 10.2 Å². The summed E-state index contributed by atoms with van der Waals surface area (Å²) in [6.07, 6.45) is 0. The van der Waals surface area contributed by atoms with Gasteiger partial charge in [0.15, 0.2) is 15.0 Å². The number of hydrogen-bond donors (Lipinski definition) is 0. The van der Waals surface area contributed by atoms with Crippen LogP contribution in [0.1, 0.15) is 5.82 Å². The number of hydrogen-bond acceptors (Lipinski definition) is 5. The zero-order chi connectivity index (χ0) is 17.9. The van der Waals surface area contributed by atoms with E-state index in [1.54, 1.807) is 12.1 Å². The van der Waals surface area contributed by atoms with Crippen molar-refractivity contribution in [3.05, 3.63) is 65.4 Å². The maximum Gasteiger partial charge on any atom is 0.195 e. The van der Waals surface area contributed by atoms with Crippen LogP contribution in [0, 0.1) is 6.92 Å². The third kappa shape index (κ3) is 4.23. The summed E-state index contributed by atoms with van der Waals surface area (Å²) in [5.41, 5.74) is 0.952. The van der Waals surface area contributed by atoms with Crippen LogP contribution in [-0.2, 0) is 9.84 Å². The molecule has 130 valence electrons. The van der Waals surface area contributed by atoms with E-state index in [-0.39, 0.29) is 10.6 Å². The lowest BCUT2D eigenvalue weighted by molar-refractivity contribution is 0.597. The van der Waals surface area contributed by atoms with Crippen molar-refractivity contribution in [2.75, 3.05) is 11.5 Å². The highest BCUT2D eigenvalue weighted by Gasteiger charge is 2.16. The fourth-order valence-corrected chi connectivity index (χ4v) is 5.08. The molecule has 8 heteroatoms. The van der Waals surface area contributed by atoms with E-state index in [4.69, 9.17) is 11.6 Å². The Bertz CT molecular complexity index is 955. The Morgan fingerprint density at radius 2 is 1.72 bits per heavy atom. The first-order valence-corrected chi connectivity index (χ1v) is 10.6. The molecule has 0 saturated carbocycles. The summed E-state index contributed by atoms with van der Waals surface area (Å²) in [6.45, 7) is 1.87. The summed E-state index contributed by atoms with van der Waals surface area (Å²) in [5.74, 6) is 1.16. The minimum absolute atomic E-state index is 0.0139. The van der Waals surface area contributed by atoms with Gasteiger partial charge in [-0.3, -0.25) is 4.57 Å². The molecule has 5 nitrogen and oxygen atoms in total. The van der Waals surface area contributed by atoms with Gasteiger partial charge in [-0.25, -0.2) is 8.42 Å². The van der Waals surface area contributed by atoms with E-state index < -0.39 is 9.84 Å². The third-order valence-electron chi connectivity index (χ3n) is 3.57. The molecule has 0 unspecified atom stereocenters. The highest BCUT2D eigenvalue weighted by atomic mass is 35.5. The van der Waals surface area contributed by atoms with Crippen LogP contribution in [0.5, 0.6) is 0 Å². The predicted octanol–water partition coefficient (Wildman–Crippen LogP) is 3.80. The Balaban J connectivity index is 1.72. The minimum atomic E-state index is -3.35. The van der Waals surface area contributed by atoms with Crippen LogP contribution < -0.4 is 0 Å². The molecule has 0 aliphatic heterocycles. The molecule has 2 aromatic carbocycles. The van der Waals surface area contributed by atoms with E-state index in [9.17, 15) is 8.42 Å². The Labute approximate surface area is 156 Å². The average Bonchev–Trinajstić information content (AvgIpc) is 2.96. The van der Waals surface area contributed by atoms with E-state index in [0.717, 1.165) is 11.5 Å². The van der Waals surface area contributed by atoms with Crippen molar-refractivity contribution in [2.24, 2.45) is 0 Å². The van der Waals surface area contributed by atoms with Crippen molar-refractivity contribution >= 4 is 33.2 Å². The van der Waals surface area contributed by atoms with Crippen molar-refractivity contribution in [3.8, 4) is 5.69 Å². The van der Waals surface area contributed by atoms with Crippen LogP contribution in [0.25, 0.3) is 5.69 Å². The minimum Gasteiger partial charge on any atom is -0.274 e. The van der Waals surface area contributed by atoms with Gasteiger partial charge in [0, 0.05) is 16.5 Å². The van der Waals surface area contributed by atoms with Gasteiger partial charge < -0.3 is 0 Å². The molecular formula is C17H16ClN3O2S2. The summed E-state index contributed by atoms with van der Waals surface area (Å²) in [6, 6.07) is 16.0. The molecule has 25 heavy (non-hydrogen) atoms. The molecule has 0 fully saturated rings. The third-order valence-corrected chi connectivity index (χ3v) is 6.74. The number of thioether (sulfide) groups is 1. The standard InChI is InChI=1S/C17H16ClN3O2S2/c1-13-19-20-17(21(13)15-5-3-2-4-6-15)24-11-12-25(22,23)16-9-7-14(18)8-10-16/h2-10H,11-12H2,1H3. The first-order valence-electron chi connectivity index (χ1n) is 7.56. The molecule has 0 amide bonds. The summed E-state index contributed by atoms with van der Waals surface area (Å²) < 4.78 is 26.7. The molecule has 3 aromatic rings. The number of nitrogens with zero attached hydrogens (tertiary/aromatic N) is 3. The Hall–Kier alpha value is -1.83. The van der Waals surface area contributed by atoms with Gasteiger partial charge in [-0.1, -0.05) is 41.6 Å². The fourth-order valence-electron chi connectivity index (χ4n) is 2.31. The van der Waals surface area contributed by atoms with Crippen molar-refractivity contribution in [3.63, 3.8) is 0 Å². The average molecular weight is 394 g/mol. The fraction of sp³-hybridized carbons (Fsp3) is 0.176. The van der Waals surface area contributed by atoms with E-state index in [0.29, 0.717) is 15.9 Å². The van der Waals surface area contributed by atoms with Gasteiger partial charge in [0.05, 0.1) is 10.6 Å². The molecule has 1 heterocycles. The summed E-state index contributed by atoms with van der Waals surface area (Å²) in [5, 5.41) is 9.45. The second-order valence-corrected chi connectivity index (χ2v) is 8.93. The number of para-hydroxylation sites is 1. The number of aromatic nitrogens is 3. The topological polar surface area (TPSA) is 64.8 Å². The highest BCUT2D eigenvalue weighted by Crippen LogP contribution is 2.23. The Morgan fingerprint density at radius 1 is 1.04 bits per heavy atom. The van der Waals surface area contributed by atoms with Crippen molar-refractivity contribution in [1.82, 2.24) is 14.8 Å². The van der Waals surface area contributed by atoms with Gasteiger partial charge >= 0.3 is 0 Å². The zero-order valence-corrected chi connectivity index (χ0v) is 15.9. The molecular weight excluding hydrogens is 378 g/mol. The largest absolute Gasteiger partial charge is 0.274 e. The zero-order valence-electron chi connectivity index (χ0n) is 13.5. The number of rotatable bonds is 6. The monoisotopic (exact) mass is 393 g/mol. The number of sulfone groups is 1. The Kier molecular flexibility index (Phi) is 5.46. The first-order chi connectivity index (χ1) is 12.0. The van der Waals surface area contributed by atoms with E-state index in [1.807, 2.05) is 41.8 Å². The highest BCUT2D eigenvalue weighted by molar-refractivity contribution is 8.00. The molecule has 0 bridgehead atoms. The normalized spacial score (nSPS) is 11.6. The summed E-state index contributed by atoms with van der Waals surface area (Å²) >= 11 is 7.18. The van der Waals surface area contributed by atoms with Gasteiger partial charge in [0.1, 0.15) is 5.82 Å². The summed E-state index contributed by atoms with van der Waals surface area (Å²) in [4.78, 5) is 0.276. The first kappa shape index (κ1) is 18.0. The van der Waals surface area contributed by atoms with Crippen LogP contribution in [0.4, 0.5) is 0 Å². The van der Waals surface area contributed by atoms with Crippen molar-refractivity contribution in [2.45, 2.75) is 17.0 Å². The van der Waals surface area contributed by atoms with Crippen LogP contribution >= 0.6 is 23.4 Å². The van der Waals surface area contributed by atoms with Crippen LogP contribution in [0.2, 0.25) is 5.02 Å². The van der Waals surface area contributed by atoms with Gasteiger partial charge in [0.25, 0.3) is 0 Å². The van der Waals surface area contributed by atoms with E-state index >= 15 is 0 Å². The lowest BCUT2D eigenvalue weighted by Gasteiger charge is -2.08. The molecule has 0 atom stereocenters. The van der Waals surface area contributed by atoms with Gasteiger partial charge in [0.2, 0.25) is 0 Å². The second kappa shape index (κ2) is 7.59. The van der Waals surface area contributed by atoms with Crippen LogP contribution in [0.3, 0.4) is 0 Å². The van der Waals surface area contributed by atoms with Gasteiger partial charge in [-0.15, -0.1) is 10.2 Å². The number of benzene rings is 2. The van der Waals surface area contributed by atoms with Gasteiger partial charge in [-0.05, 0) is 43.3 Å². The van der Waals surface area contributed by atoms with Gasteiger partial charge in [-0.2, -0.15) is 0 Å². The van der Waals surface area contributed by atoms with E-state index in [1.165, 1.54) is 23.9 Å². The maximum absolute atomic E-state index is 12.4. The lowest BCUT2D eigenvalue weighted by atomic mass is 10.3. The van der Waals surface area contributed by atoms with Crippen LogP contribution in [-0.4, -0.2) is 34.7 Å². The maximum atomic E-state index is 12.4. The Morgan fingerprint density at radius 3 is 2.40 bits per heavy atom. The molecule has 0 N–H and O–H groups in total. The SMILES string of the molecule is Cc1nnc(SCCS(=O)(=O)c2ccc(Cl)cc2)n1-c1ccccc1. The molecule has 3 rings (SSSR count). The van der Waals surface area contributed by atoms with Crippen LogP contribution in [0.15, 0.2) is 64.6 Å². The van der Waals surface area contributed by atoms with Crippen molar-refractivity contribution < 1.29 is 8.42 Å². The molecule has 0 aliphatic rings. The quantitative estimate of drug-likeness (QED) is 0.596. The van der Waals surface area contributed by atoms with Crippen molar-refractivity contribution in [1.29, 1.82) is 0 Å².